The van der Waals surface area contributed by atoms with Gasteiger partial charge in [0, 0.05) is 16.0 Å². The van der Waals surface area contributed by atoms with Crippen molar-refractivity contribution in [2.75, 3.05) is 6.61 Å². The molecule has 0 spiro atoms. The van der Waals surface area contributed by atoms with Crippen LogP contribution in [0.5, 0.6) is 11.5 Å². The Morgan fingerprint density at radius 3 is 2.58 bits per heavy atom. The zero-order valence-electron chi connectivity index (χ0n) is 13.9. The van der Waals surface area contributed by atoms with Crippen LogP contribution >= 0.6 is 22.9 Å². The van der Waals surface area contributed by atoms with Crippen molar-refractivity contribution in [1.82, 2.24) is 4.98 Å². The van der Waals surface area contributed by atoms with Gasteiger partial charge in [0.1, 0.15) is 11.6 Å². The maximum atomic E-state index is 11.0. The first-order valence-electron chi connectivity index (χ1n) is 7.90. The molecular weight excluding hydrogens is 374 g/mol. The Hall–Kier alpha value is -2.57. The summed E-state index contributed by atoms with van der Waals surface area (Å²) in [6.07, 6.45) is 0. The van der Waals surface area contributed by atoms with Gasteiger partial charge in [0.15, 0.2) is 17.2 Å². The average Bonchev–Trinajstić information content (AvgIpc) is 3.13. The number of carboxylic acid groups (broad SMARTS) is 1. The quantitative estimate of drug-likeness (QED) is 0.606. The van der Waals surface area contributed by atoms with Gasteiger partial charge in [0.05, 0.1) is 6.61 Å². The van der Waals surface area contributed by atoms with Gasteiger partial charge >= 0.3 is 5.97 Å². The van der Waals surface area contributed by atoms with Crippen LogP contribution in [0.4, 0.5) is 0 Å². The first-order chi connectivity index (χ1) is 12.6. The molecule has 7 heteroatoms. The zero-order valence-corrected chi connectivity index (χ0v) is 15.5. The van der Waals surface area contributed by atoms with Crippen LogP contribution in [-0.2, 0) is 6.61 Å². The molecule has 0 atom stereocenters. The monoisotopic (exact) mass is 389 g/mol. The van der Waals surface area contributed by atoms with Gasteiger partial charge in [0.25, 0.3) is 0 Å². The third kappa shape index (κ3) is 4.33. The van der Waals surface area contributed by atoms with Crippen LogP contribution in [0.25, 0.3) is 10.6 Å². The van der Waals surface area contributed by atoms with E-state index in [1.807, 2.05) is 43.3 Å². The van der Waals surface area contributed by atoms with Crippen molar-refractivity contribution >= 4 is 28.9 Å². The van der Waals surface area contributed by atoms with Crippen molar-refractivity contribution in [3.8, 4) is 22.1 Å². The molecule has 0 fully saturated rings. The van der Waals surface area contributed by atoms with Gasteiger partial charge in [-0.2, -0.15) is 0 Å². The molecule has 3 rings (SSSR count). The van der Waals surface area contributed by atoms with Crippen molar-refractivity contribution < 1.29 is 19.4 Å². The van der Waals surface area contributed by atoms with E-state index in [4.69, 9.17) is 26.2 Å². The molecule has 0 aliphatic carbocycles. The van der Waals surface area contributed by atoms with Crippen molar-refractivity contribution in [1.29, 1.82) is 0 Å². The molecule has 26 heavy (non-hydrogen) atoms. The Labute approximate surface area is 159 Å². The molecule has 0 amide bonds. The van der Waals surface area contributed by atoms with E-state index in [1.54, 1.807) is 6.07 Å². The summed E-state index contributed by atoms with van der Waals surface area (Å²) >= 11 is 7.16. The lowest BCUT2D eigenvalue weighted by Crippen LogP contribution is -2.00. The summed E-state index contributed by atoms with van der Waals surface area (Å²) in [5.41, 5.74) is 1.81. The smallest absolute Gasteiger partial charge is 0.355 e. The molecular formula is C19H16ClNO4S. The topological polar surface area (TPSA) is 68.7 Å². The highest BCUT2D eigenvalue weighted by Gasteiger charge is 2.13. The first kappa shape index (κ1) is 18.2. The Kier molecular flexibility index (Phi) is 5.75. The number of rotatable bonds is 7. The molecule has 0 aliphatic rings. The van der Waals surface area contributed by atoms with Crippen LogP contribution in [0.1, 0.15) is 23.0 Å². The highest BCUT2D eigenvalue weighted by molar-refractivity contribution is 7.13. The summed E-state index contributed by atoms with van der Waals surface area (Å²) in [5.74, 6) is 0.159. The van der Waals surface area contributed by atoms with E-state index < -0.39 is 5.97 Å². The largest absolute Gasteiger partial charge is 0.490 e. The molecule has 0 unspecified atom stereocenters. The molecule has 2 aromatic carbocycles. The Balaban J connectivity index is 1.81. The van der Waals surface area contributed by atoms with E-state index >= 15 is 0 Å². The number of hydrogen-bond donors (Lipinski definition) is 1. The molecule has 134 valence electrons. The third-order valence-corrected chi connectivity index (χ3v) is 4.66. The molecule has 1 N–H and O–H groups in total. The predicted molar refractivity (Wildman–Crippen MR) is 101 cm³/mol. The van der Waals surface area contributed by atoms with Crippen LogP contribution in [0.15, 0.2) is 47.8 Å². The van der Waals surface area contributed by atoms with E-state index in [-0.39, 0.29) is 5.69 Å². The number of halogens is 1. The van der Waals surface area contributed by atoms with Gasteiger partial charge in [-0.15, -0.1) is 11.3 Å². The van der Waals surface area contributed by atoms with Crippen LogP contribution < -0.4 is 9.47 Å². The highest BCUT2D eigenvalue weighted by atomic mass is 35.5. The lowest BCUT2D eigenvalue weighted by Gasteiger charge is -2.13. The maximum Gasteiger partial charge on any atom is 0.355 e. The number of carbonyl (C=O) groups is 1. The van der Waals surface area contributed by atoms with Gasteiger partial charge < -0.3 is 14.6 Å². The molecule has 0 aliphatic heterocycles. The van der Waals surface area contributed by atoms with Crippen LogP contribution in [0, 0.1) is 0 Å². The van der Waals surface area contributed by atoms with Crippen LogP contribution in [0.2, 0.25) is 5.02 Å². The van der Waals surface area contributed by atoms with Crippen LogP contribution in [-0.4, -0.2) is 22.7 Å². The average molecular weight is 390 g/mol. The second-order valence-electron chi connectivity index (χ2n) is 5.35. The zero-order chi connectivity index (χ0) is 18.5. The summed E-state index contributed by atoms with van der Waals surface area (Å²) in [6, 6.07) is 12.9. The van der Waals surface area contributed by atoms with Crippen molar-refractivity contribution in [3.63, 3.8) is 0 Å². The second kappa shape index (κ2) is 8.21. The number of carboxylic acids is 1. The summed E-state index contributed by atoms with van der Waals surface area (Å²) in [4.78, 5) is 15.1. The fourth-order valence-electron chi connectivity index (χ4n) is 2.27. The molecule has 0 saturated heterocycles. The normalized spacial score (nSPS) is 10.5. The van der Waals surface area contributed by atoms with E-state index in [9.17, 15) is 4.79 Å². The van der Waals surface area contributed by atoms with Crippen molar-refractivity contribution in [3.05, 3.63) is 64.1 Å². The number of aromatic nitrogens is 1. The van der Waals surface area contributed by atoms with E-state index in [0.717, 1.165) is 11.1 Å². The lowest BCUT2D eigenvalue weighted by molar-refractivity contribution is 0.0691. The number of ether oxygens (including phenoxy) is 2. The van der Waals surface area contributed by atoms with Gasteiger partial charge in [-0.1, -0.05) is 23.7 Å². The van der Waals surface area contributed by atoms with Crippen LogP contribution in [0.3, 0.4) is 0 Å². The number of thiazole rings is 1. The summed E-state index contributed by atoms with van der Waals surface area (Å²) < 4.78 is 11.5. The molecule has 1 aromatic heterocycles. The lowest BCUT2D eigenvalue weighted by atomic mass is 10.2. The fraction of sp³-hybridized carbons (Fsp3) is 0.158. The van der Waals surface area contributed by atoms with E-state index in [0.29, 0.717) is 34.7 Å². The number of aromatic carboxylic acids is 1. The minimum Gasteiger partial charge on any atom is -0.490 e. The van der Waals surface area contributed by atoms with E-state index in [1.165, 1.54) is 16.7 Å². The standard InChI is InChI=1S/C19H16ClNO4S/c1-2-24-17-9-13(18-21-15(11-26-18)19(22)23)5-8-16(17)25-10-12-3-6-14(20)7-4-12/h3-9,11H,2,10H2,1H3,(H,22,23). The minimum absolute atomic E-state index is 0.0334. The molecule has 5 nitrogen and oxygen atoms in total. The van der Waals surface area contributed by atoms with Gasteiger partial charge in [-0.25, -0.2) is 9.78 Å². The Morgan fingerprint density at radius 2 is 1.92 bits per heavy atom. The number of hydrogen-bond acceptors (Lipinski definition) is 5. The fourth-order valence-corrected chi connectivity index (χ4v) is 3.19. The third-order valence-electron chi connectivity index (χ3n) is 3.52. The first-order valence-corrected chi connectivity index (χ1v) is 9.16. The number of nitrogens with zero attached hydrogens (tertiary/aromatic N) is 1. The van der Waals surface area contributed by atoms with Crippen molar-refractivity contribution in [2.45, 2.75) is 13.5 Å². The molecule has 1 heterocycles. The highest BCUT2D eigenvalue weighted by Crippen LogP contribution is 2.34. The molecule has 0 bridgehead atoms. The van der Waals surface area contributed by atoms with Gasteiger partial charge in [0.2, 0.25) is 0 Å². The predicted octanol–water partition coefficient (Wildman–Crippen LogP) is 5.14. The molecule has 0 radical (unpaired) electrons. The van der Waals surface area contributed by atoms with Crippen molar-refractivity contribution in [2.24, 2.45) is 0 Å². The molecule has 3 aromatic rings. The Bertz CT molecular complexity index is 908. The maximum absolute atomic E-state index is 11.0. The minimum atomic E-state index is -1.04. The summed E-state index contributed by atoms with van der Waals surface area (Å²) in [7, 11) is 0. The second-order valence-corrected chi connectivity index (χ2v) is 6.65. The number of benzene rings is 2. The summed E-state index contributed by atoms with van der Waals surface area (Å²) in [5, 5.41) is 11.8. The SMILES string of the molecule is CCOc1cc(-c2nc(C(=O)O)cs2)ccc1OCc1ccc(Cl)cc1. The summed E-state index contributed by atoms with van der Waals surface area (Å²) in [6.45, 7) is 2.76. The Morgan fingerprint density at radius 1 is 1.15 bits per heavy atom. The van der Waals surface area contributed by atoms with Gasteiger partial charge in [-0.3, -0.25) is 0 Å². The van der Waals surface area contributed by atoms with E-state index in [2.05, 4.69) is 4.98 Å². The van der Waals surface area contributed by atoms with Gasteiger partial charge in [-0.05, 0) is 42.8 Å². The molecule has 0 saturated carbocycles.